The van der Waals surface area contributed by atoms with E-state index in [0.717, 1.165) is 47.3 Å². The zero-order valence-corrected chi connectivity index (χ0v) is 13.6. The first-order valence-corrected chi connectivity index (χ1v) is 7.40. The number of hydrogen-bond acceptors (Lipinski definition) is 3. The van der Waals surface area contributed by atoms with Crippen molar-refractivity contribution in [1.29, 1.82) is 0 Å². The molecule has 0 aliphatic carbocycles. The van der Waals surface area contributed by atoms with Gasteiger partial charge in [-0.3, -0.25) is 4.79 Å². The van der Waals surface area contributed by atoms with E-state index < -0.39 is 0 Å². The first-order chi connectivity index (χ1) is 9.79. The average Bonchev–Trinajstić information content (AvgIpc) is 2.41. The van der Waals surface area contributed by atoms with Crippen molar-refractivity contribution in [3.8, 4) is 11.5 Å². The molecular formula is C18H24O3. The van der Waals surface area contributed by atoms with Crippen LogP contribution in [0.5, 0.6) is 11.5 Å². The lowest BCUT2D eigenvalue weighted by atomic mass is 9.85. The monoisotopic (exact) mass is 288 g/mol. The van der Waals surface area contributed by atoms with Crippen LogP contribution in [0, 0.1) is 20.8 Å². The lowest BCUT2D eigenvalue weighted by Crippen LogP contribution is -2.36. The van der Waals surface area contributed by atoms with Gasteiger partial charge in [0.2, 0.25) is 0 Å². The highest BCUT2D eigenvalue weighted by Crippen LogP contribution is 2.44. The number of esters is 1. The van der Waals surface area contributed by atoms with Crippen LogP contribution in [0.25, 0.3) is 0 Å². The summed E-state index contributed by atoms with van der Waals surface area (Å²) in [6.07, 6.45) is 4.61. The molecule has 0 amide bonds. The Bertz CT molecular complexity index is 601. The topological polar surface area (TPSA) is 35.5 Å². The summed E-state index contributed by atoms with van der Waals surface area (Å²) in [7, 11) is 0. The van der Waals surface area contributed by atoms with E-state index in [0.29, 0.717) is 5.75 Å². The molecule has 0 bridgehead atoms. The molecule has 1 aromatic rings. The molecule has 3 nitrogen and oxygen atoms in total. The number of benzene rings is 1. The Kier molecular flexibility index (Phi) is 4.13. The molecular weight excluding hydrogens is 264 g/mol. The quantitative estimate of drug-likeness (QED) is 0.475. The van der Waals surface area contributed by atoms with E-state index >= 15 is 0 Å². The summed E-state index contributed by atoms with van der Waals surface area (Å²) in [5, 5.41) is 0. The first-order valence-electron chi connectivity index (χ1n) is 7.40. The van der Waals surface area contributed by atoms with Crippen LogP contribution in [-0.4, -0.2) is 11.6 Å². The van der Waals surface area contributed by atoms with Gasteiger partial charge in [0, 0.05) is 18.9 Å². The molecule has 1 aliphatic heterocycles. The van der Waals surface area contributed by atoms with Gasteiger partial charge in [-0.15, -0.1) is 6.58 Å². The summed E-state index contributed by atoms with van der Waals surface area (Å²) in [6.45, 7) is 13.4. The van der Waals surface area contributed by atoms with Gasteiger partial charge in [0.05, 0.1) is 0 Å². The van der Waals surface area contributed by atoms with E-state index in [4.69, 9.17) is 9.47 Å². The van der Waals surface area contributed by atoms with Crippen molar-refractivity contribution < 1.29 is 14.3 Å². The zero-order chi connectivity index (χ0) is 15.8. The summed E-state index contributed by atoms with van der Waals surface area (Å²) >= 11 is 0. The third kappa shape index (κ3) is 2.82. The standard InChI is InChI=1S/C18H24O3/c1-7-9-18(6)10-8-15-13(4)16(20-14(5)19)11(2)12(3)17(15)21-18/h7H,1,8-10H2,2-6H3/t18-/m1/s1. The summed E-state index contributed by atoms with van der Waals surface area (Å²) in [5.41, 5.74) is 4.02. The van der Waals surface area contributed by atoms with Gasteiger partial charge in [-0.05, 0) is 57.2 Å². The van der Waals surface area contributed by atoms with Crippen molar-refractivity contribution in [3.63, 3.8) is 0 Å². The van der Waals surface area contributed by atoms with Gasteiger partial charge in [0.1, 0.15) is 17.1 Å². The largest absolute Gasteiger partial charge is 0.487 e. The van der Waals surface area contributed by atoms with Gasteiger partial charge in [0.15, 0.2) is 0 Å². The number of carbonyl (C=O) groups excluding carboxylic acids is 1. The van der Waals surface area contributed by atoms with E-state index in [1.165, 1.54) is 6.92 Å². The lowest BCUT2D eigenvalue weighted by Gasteiger charge is -2.37. The highest BCUT2D eigenvalue weighted by molar-refractivity contribution is 5.72. The molecule has 114 valence electrons. The molecule has 21 heavy (non-hydrogen) atoms. The van der Waals surface area contributed by atoms with Crippen LogP contribution in [0.1, 0.15) is 48.9 Å². The number of ether oxygens (including phenoxy) is 2. The van der Waals surface area contributed by atoms with Crippen molar-refractivity contribution in [2.24, 2.45) is 0 Å². The van der Waals surface area contributed by atoms with E-state index in [9.17, 15) is 4.79 Å². The van der Waals surface area contributed by atoms with Gasteiger partial charge >= 0.3 is 5.97 Å². The van der Waals surface area contributed by atoms with Crippen LogP contribution in [0.15, 0.2) is 12.7 Å². The number of fused-ring (bicyclic) bond motifs is 1. The Balaban J connectivity index is 2.53. The van der Waals surface area contributed by atoms with Crippen LogP contribution < -0.4 is 9.47 Å². The number of carbonyl (C=O) groups is 1. The van der Waals surface area contributed by atoms with Crippen molar-refractivity contribution >= 4 is 5.97 Å². The molecule has 2 rings (SSSR count). The molecule has 1 aliphatic rings. The second-order valence-corrected chi connectivity index (χ2v) is 6.15. The predicted molar refractivity (Wildman–Crippen MR) is 84.1 cm³/mol. The lowest BCUT2D eigenvalue weighted by molar-refractivity contribution is -0.132. The summed E-state index contributed by atoms with van der Waals surface area (Å²) in [4.78, 5) is 11.3. The SMILES string of the molecule is C=CC[C@]1(C)CCc2c(C)c(OC(C)=O)c(C)c(C)c2O1. The molecule has 0 fully saturated rings. The summed E-state index contributed by atoms with van der Waals surface area (Å²) in [5.74, 6) is 1.36. The molecule has 0 N–H and O–H groups in total. The van der Waals surface area contributed by atoms with E-state index in [-0.39, 0.29) is 11.6 Å². The fraction of sp³-hybridized carbons (Fsp3) is 0.500. The molecule has 0 aromatic heterocycles. The maximum absolute atomic E-state index is 11.3. The van der Waals surface area contributed by atoms with E-state index in [1.807, 2.05) is 26.8 Å². The van der Waals surface area contributed by atoms with Crippen LogP contribution in [-0.2, 0) is 11.2 Å². The van der Waals surface area contributed by atoms with Crippen LogP contribution >= 0.6 is 0 Å². The summed E-state index contributed by atoms with van der Waals surface area (Å²) < 4.78 is 11.7. The van der Waals surface area contributed by atoms with Gasteiger partial charge in [-0.25, -0.2) is 0 Å². The second kappa shape index (κ2) is 5.55. The highest BCUT2D eigenvalue weighted by atomic mass is 16.5. The number of hydrogen-bond donors (Lipinski definition) is 0. The second-order valence-electron chi connectivity index (χ2n) is 6.15. The van der Waals surface area contributed by atoms with Gasteiger partial charge in [-0.1, -0.05) is 6.08 Å². The van der Waals surface area contributed by atoms with Crippen LogP contribution in [0.4, 0.5) is 0 Å². The number of rotatable bonds is 3. The third-order valence-electron chi connectivity index (χ3n) is 4.39. The van der Waals surface area contributed by atoms with Crippen molar-refractivity contribution in [2.75, 3.05) is 0 Å². The van der Waals surface area contributed by atoms with Crippen molar-refractivity contribution in [2.45, 2.75) is 59.5 Å². The smallest absolute Gasteiger partial charge is 0.308 e. The van der Waals surface area contributed by atoms with Crippen LogP contribution in [0.2, 0.25) is 0 Å². The Morgan fingerprint density at radius 2 is 2.00 bits per heavy atom. The normalized spacial score (nSPS) is 20.4. The molecule has 0 saturated heterocycles. The fourth-order valence-electron chi connectivity index (χ4n) is 3.03. The minimum absolute atomic E-state index is 0.193. The molecule has 3 heteroatoms. The minimum Gasteiger partial charge on any atom is -0.487 e. The van der Waals surface area contributed by atoms with E-state index in [2.05, 4.69) is 13.5 Å². The molecule has 1 atom stereocenters. The Morgan fingerprint density at radius 1 is 1.33 bits per heavy atom. The predicted octanol–water partition coefficient (Wildman–Crippen LogP) is 4.20. The maximum atomic E-state index is 11.3. The molecule has 0 saturated carbocycles. The molecule has 1 heterocycles. The molecule has 0 spiro atoms. The van der Waals surface area contributed by atoms with Gasteiger partial charge in [0.25, 0.3) is 0 Å². The van der Waals surface area contributed by atoms with Crippen molar-refractivity contribution in [3.05, 3.63) is 34.9 Å². The zero-order valence-electron chi connectivity index (χ0n) is 13.6. The fourth-order valence-corrected chi connectivity index (χ4v) is 3.03. The molecule has 1 aromatic carbocycles. The van der Waals surface area contributed by atoms with Gasteiger partial charge in [-0.2, -0.15) is 0 Å². The molecule has 0 unspecified atom stereocenters. The van der Waals surface area contributed by atoms with E-state index in [1.54, 1.807) is 0 Å². The Morgan fingerprint density at radius 3 is 2.57 bits per heavy atom. The summed E-state index contributed by atoms with van der Waals surface area (Å²) in [6, 6.07) is 0. The first kappa shape index (κ1) is 15.6. The van der Waals surface area contributed by atoms with Crippen molar-refractivity contribution in [1.82, 2.24) is 0 Å². The molecule has 0 radical (unpaired) electrons. The van der Waals surface area contributed by atoms with Gasteiger partial charge < -0.3 is 9.47 Å². The van der Waals surface area contributed by atoms with Crippen LogP contribution in [0.3, 0.4) is 0 Å². The Labute approximate surface area is 127 Å². The average molecular weight is 288 g/mol. The third-order valence-corrected chi connectivity index (χ3v) is 4.39. The maximum Gasteiger partial charge on any atom is 0.308 e. The minimum atomic E-state index is -0.284. The Hall–Kier alpha value is -1.77. The highest BCUT2D eigenvalue weighted by Gasteiger charge is 2.33.